The van der Waals surface area contributed by atoms with Crippen LogP contribution < -0.4 is 4.90 Å². The molecule has 1 aromatic rings. The van der Waals surface area contributed by atoms with Crippen LogP contribution in [0.1, 0.15) is 0 Å². The molecule has 0 aliphatic carbocycles. The minimum absolute atomic E-state index is 0.379. The van der Waals surface area contributed by atoms with Crippen molar-refractivity contribution < 1.29 is 28.7 Å². The molecule has 2 unspecified atom stereocenters. The Bertz CT molecular complexity index is 760. The molecule has 0 aromatic heterocycles. The van der Waals surface area contributed by atoms with Crippen molar-refractivity contribution in [3.05, 3.63) is 42.5 Å². The van der Waals surface area contributed by atoms with Crippen molar-refractivity contribution >= 4 is 23.7 Å². The normalized spacial score (nSPS) is 27.2. The minimum atomic E-state index is -1.09. The topological polar surface area (TPSA) is 88.6 Å². The van der Waals surface area contributed by atoms with Gasteiger partial charge in [-0.2, -0.15) is 0 Å². The van der Waals surface area contributed by atoms with Gasteiger partial charge >= 0.3 is 18.0 Å². The number of para-hydroxylation sites is 1. The van der Waals surface area contributed by atoms with E-state index in [1.165, 1.54) is 5.69 Å². The Labute approximate surface area is 155 Å². The van der Waals surface area contributed by atoms with E-state index in [4.69, 9.17) is 14.3 Å². The van der Waals surface area contributed by atoms with Gasteiger partial charge in [0.2, 0.25) is 0 Å². The van der Waals surface area contributed by atoms with E-state index in [1.54, 1.807) is 0 Å². The summed E-state index contributed by atoms with van der Waals surface area (Å²) in [6, 6.07) is 10.1. The number of carbonyl (C=O) groups excluding carboxylic acids is 3. The number of rotatable bonds is 3. The number of anilines is 1. The first-order valence-corrected chi connectivity index (χ1v) is 8.73. The summed E-state index contributed by atoms with van der Waals surface area (Å²) in [6.07, 6.45) is -0.792. The van der Waals surface area contributed by atoms with Gasteiger partial charge in [-0.25, -0.2) is 14.4 Å². The summed E-state index contributed by atoms with van der Waals surface area (Å²) in [7, 11) is 0. The number of hydroxylamine groups is 2. The molecule has 2 atom stereocenters. The van der Waals surface area contributed by atoms with Gasteiger partial charge in [-0.15, -0.1) is 0 Å². The lowest BCUT2D eigenvalue weighted by Crippen LogP contribution is -2.51. The van der Waals surface area contributed by atoms with Crippen LogP contribution in [0.4, 0.5) is 10.5 Å². The van der Waals surface area contributed by atoms with Crippen LogP contribution in [0.25, 0.3) is 0 Å². The van der Waals surface area contributed by atoms with Gasteiger partial charge in [0, 0.05) is 50.6 Å². The van der Waals surface area contributed by atoms with Gasteiger partial charge < -0.3 is 19.2 Å². The van der Waals surface area contributed by atoms with Crippen molar-refractivity contribution in [1.29, 1.82) is 0 Å². The highest BCUT2D eigenvalue weighted by atomic mass is 16.8. The van der Waals surface area contributed by atoms with Crippen LogP contribution >= 0.6 is 0 Å². The van der Waals surface area contributed by atoms with Crippen LogP contribution in [0.3, 0.4) is 0 Å². The molecule has 2 fully saturated rings. The second kappa shape index (κ2) is 7.28. The second-order valence-corrected chi connectivity index (χ2v) is 6.44. The molecule has 2 saturated heterocycles. The number of nitrogens with zero attached hydrogens (tertiary/aromatic N) is 3. The summed E-state index contributed by atoms with van der Waals surface area (Å²) >= 11 is 0. The van der Waals surface area contributed by atoms with Gasteiger partial charge in [0.05, 0.1) is 0 Å². The van der Waals surface area contributed by atoms with Crippen molar-refractivity contribution in [3.8, 4) is 0 Å². The molecular weight excluding hydrogens is 354 g/mol. The molecule has 142 valence electrons. The monoisotopic (exact) mass is 373 g/mol. The van der Waals surface area contributed by atoms with E-state index in [0.29, 0.717) is 11.6 Å². The van der Waals surface area contributed by atoms with Crippen LogP contribution in [0, 0.1) is 0 Å². The Morgan fingerprint density at radius 3 is 2.33 bits per heavy atom. The Morgan fingerprint density at radius 2 is 1.59 bits per heavy atom. The lowest BCUT2D eigenvalue weighted by atomic mass is 10.2. The summed E-state index contributed by atoms with van der Waals surface area (Å²) in [5.41, 5.74) is 1.17. The molecule has 1 aromatic carbocycles. The van der Waals surface area contributed by atoms with E-state index in [9.17, 15) is 14.4 Å². The number of fused-ring (bicyclic) bond motifs is 1. The van der Waals surface area contributed by atoms with Gasteiger partial charge in [0.15, 0.2) is 6.10 Å². The third kappa shape index (κ3) is 3.72. The van der Waals surface area contributed by atoms with E-state index < -0.39 is 30.4 Å². The number of hydrogen-bond donors (Lipinski definition) is 0. The zero-order valence-corrected chi connectivity index (χ0v) is 14.5. The van der Waals surface area contributed by atoms with E-state index in [1.807, 2.05) is 18.2 Å². The van der Waals surface area contributed by atoms with Crippen molar-refractivity contribution in [1.82, 2.24) is 9.96 Å². The molecule has 0 N–H and O–H groups in total. The zero-order valence-electron chi connectivity index (χ0n) is 14.5. The molecule has 1 amide bonds. The molecule has 9 heteroatoms. The first kappa shape index (κ1) is 17.3. The Hall–Kier alpha value is -3.07. The molecule has 27 heavy (non-hydrogen) atoms. The van der Waals surface area contributed by atoms with E-state index in [2.05, 4.69) is 21.9 Å². The molecule has 0 saturated carbocycles. The van der Waals surface area contributed by atoms with Gasteiger partial charge in [0.25, 0.3) is 6.23 Å². The highest BCUT2D eigenvalue weighted by molar-refractivity contribution is 5.93. The molecule has 9 nitrogen and oxygen atoms in total. The fraction of sp³-hybridized carbons (Fsp3) is 0.389. The van der Waals surface area contributed by atoms with Crippen LogP contribution in [-0.4, -0.2) is 73.1 Å². The molecule has 3 aliphatic rings. The third-order valence-corrected chi connectivity index (χ3v) is 4.69. The first-order valence-electron chi connectivity index (χ1n) is 8.73. The Morgan fingerprint density at radius 1 is 0.889 bits per heavy atom. The van der Waals surface area contributed by atoms with Crippen molar-refractivity contribution in [2.75, 3.05) is 37.6 Å². The number of amides is 1. The average molecular weight is 373 g/mol. The van der Waals surface area contributed by atoms with Crippen LogP contribution in [0.15, 0.2) is 42.5 Å². The standard InChI is InChI=1S/C18H19N3O6/c22-15-6-7-16(23)27-21-17(26-15)14(25-18(21)24)12-19-8-10-20(11-9-19)13-4-2-1-3-5-13/h1-7,14,17H,8-12H2/b7-6-. The van der Waals surface area contributed by atoms with Crippen LogP contribution in [0.5, 0.6) is 0 Å². The maximum atomic E-state index is 12.0. The molecule has 3 heterocycles. The maximum Gasteiger partial charge on any atom is 0.447 e. The number of piperazine rings is 1. The summed E-state index contributed by atoms with van der Waals surface area (Å²) < 4.78 is 10.5. The number of benzene rings is 1. The predicted octanol–water partition coefficient (Wildman–Crippen LogP) is 0.527. The number of esters is 1. The van der Waals surface area contributed by atoms with Gasteiger partial charge in [-0.3, -0.25) is 4.90 Å². The second-order valence-electron chi connectivity index (χ2n) is 6.44. The van der Waals surface area contributed by atoms with E-state index in [-0.39, 0.29) is 0 Å². The summed E-state index contributed by atoms with van der Waals surface area (Å²) in [6.45, 7) is 3.57. The Kier molecular flexibility index (Phi) is 4.68. The molecule has 0 spiro atoms. The smallest absolute Gasteiger partial charge is 0.436 e. The fourth-order valence-electron chi connectivity index (χ4n) is 3.34. The lowest BCUT2D eigenvalue weighted by Gasteiger charge is -2.37. The van der Waals surface area contributed by atoms with Crippen molar-refractivity contribution in [3.63, 3.8) is 0 Å². The highest BCUT2D eigenvalue weighted by Gasteiger charge is 2.48. The lowest BCUT2D eigenvalue weighted by molar-refractivity contribution is -0.210. The molecule has 4 rings (SSSR count). The maximum absolute atomic E-state index is 12.0. The number of carbonyl (C=O) groups is 3. The van der Waals surface area contributed by atoms with Gasteiger partial charge in [-0.1, -0.05) is 23.3 Å². The van der Waals surface area contributed by atoms with Gasteiger partial charge in [0.1, 0.15) is 0 Å². The zero-order chi connectivity index (χ0) is 18.8. The van der Waals surface area contributed by atoms with Crippen LogP contribution in [0.2, 0.25) is 0 Å². The highest BCUT2D eigenvalue weighted by Crippen LogP contribution is 2.24. The summed E-state index contributed by atoms with van der Waals surface area (Å²) in [5, 5.41) is 0.689. The van der Waals surface area contributed by atoms with Gasteiger partial charge in [-0.05, 0) is 12.1 Å². The molecule has 0 radical (unpaired) electrons. The van der Waals surface area contributed by atoms with E-state index in [0.717, 1.165) is 38.3 Å². The first-order chi connectivity index (χ1) is 13.1. The third-order valence-electron chi connectivity index (χ3n) is 4.69. The molecule has 3 aliphatic heterocycles. The quantitative estimate of drug-likeness (QED) is 0.709. The van der Waals surface area contributed by atoms with Crippen molar-refractivity contribution in [2.24, 2.45) is 0 Å². The molecule has 0 bridgehead atoms. The number of ether oxygens (including phenoxy) is 2. The number of cyclic esters (lactones) is 1. The summed E-state index contributed by atoms with van der Waals surface area (Å²) in [4.78, 5) is 44.6. The van der Waals surface area contributed by atoms with E-state index >= 15 is 0 Å². The largest absolute Gasteiger partial charge is 0.447 e. The van der Waals surface area contributed by atoms with Crippen molar-refractivity contribution in [2.45, 2.75) is 12.3 Å². The average Bonchev–Trinajstić information content (AvgIpc) is 2.94. The summed E-state index contributed by atoms with van der Waals surface area (Å²) in [5.74, 6) is -1.55. The van der Waals surface area contributed by atoms with Crippen LogP contribution in [-0.2, 0) is 23.9 Å². The number of hydrogen-bond acceptors (Lipinski definition) is 8. The molecular formula is C18H19N3O6. The Balaban J connectivity index is 1.38. The fourth-order valence-corrected chi connectivity index (χ4v) is 3.34. The minimum Gasteiger partial charge on any atom is -0.436 e. The predicted molar refractivity (Wildman–Crippen MR) is 92.3 cm³/mol. The SMILES string of the molecule is O=C1/C=C\C(=O)ON2C(=O)OC(CN3CCN(c4ccccc4)CC3)C2O1.